The number of anilines is 1. The lowest BCUT2D eigenvalue weighted by atomic mass is 9.96. The van der Waals surface area contributed by atoms with E-state index in [1.54, 1.807) is 0 Å². The monoisotopic (exact) mass is 334 g/mol. The summed E-state index contributed by atoms with van der Waals surface area (Å²) >= 11 is 0. The fourth-order valence-corrected chi connectivity index (χ4v) is 3.27. The molecule has 4 rings (SSSR count). The maximum absolute atomic E-state index is 9.63. The SMILES string of the molecule is CNc1ccc(C=Cc2ccc3c(C#N)c4ccccc4cc3c2)cc1. The largest absolute Gasteiger partial charge is 0.388 e. The first-order chi connectivity index (χ1) is 12.8. The van der Waals surface area contributed by atoms with E-state index in [4.69, 9.17) is 0 Å². The van der Waals surface area contributed by atoms with E-state index in [2.05, 4.69) is 72.1 Å². The Bertz CT molecular complexity index is 1160. The molecule has 0 saturated carbocycles. The van der Waals surface area contributed by atoms with Crippen LogP contribution in [0.3, 0.4) is 0 Å². The number of rotatable bonds is 3. The van der Waals surface area contributed by atoms with Gasteiger partial charge in [0.2, 0.25) is 0 Å². The molecule has 26 heavy (non-hydrogen) atoms. The molecule has 0 unspecified atom stereocenters. The summed E-state index contributed by atoms with van der Waals surface area (Å²) in [6.07, 6.45) is 4.21. The van der Waals surface area contributed by atoms with Crippen LogP contribution in [-0.4, -0.2) is 7.05 Å². The van der Waals surface area contributed by atoms with Gasteiger partial charge in [-0.3, -0.25) is 0 Å². The van der Waals surface area contributed by atoms with E-state index in [1.165, 1.54) is 0 Å². The van der Waals surface area contributed by atoms with Crippen LogP contribution in [-0.2, 0) is 0 Å². The smallest absolute Gasteiger partial charge is 0.100 e. The van der Waals surface area contributed by atoms with Gasteiger partial charge in [-0.2, -0.15) is 5.26 Å². The average molecular weight is 334 g/mol. The van der Waals surface area contributed by atoms with Crippen LogP contribution in [0.5, 0.6) is 0 Å². The summed E-state index contributed by atoms with van der Waals surface area (Å²) in [6.45, 7) is 0. The molecule has 0 bridgehead atoms. The third-order valence-electron chi connectivity index (χ3n) is 4.67. The minimum Gasteiger partial charge on any atom is -0.388 e. The third kappa shape index (κ3) is 2.92. The summed E-state index contributed by atoms with van der Waals surface area (Å²) in [4.78, 5) is 0. The van der Waals surface area contributed by atoms with Crippen molar-refractivity contribution in [2.75, 3.05) is 12.4 Å². The number of nitriles is 1. The summed E-state index contributed by atoms with van der Waals surface area (Å²) in [5, 5.41) is 17.0. The average Bonchev–Trinajstić information content (AvgIpc) is 2.70. The van der Waals surface area contributed by atoms with E-state index in [0.29, 0.717) is 0 Å². The normalized spacial score (nSPS) is 11.1. The van der Waals surface area contributed by atoms with Gasteiger partial charge in [-0.05, 0) is 46.2 Å². The van der Waals surface area contributed by atoms with Gasteiger partial charge in [-0.15, -0.1) is 0 Å². The van der Waals surface area contributed by atoms with Gasteiger partial charge >= 0.3 is 0 Å². The molecule has 0 aliphatic carbocycles. The second kappa shape index (κ2) is 6.74. The van der Waals surface area contributed by atoms with Crippen molar-refractivity contribution in [2.24, 2.45) is 0 Å². The first kappa shape index (κ1) is 15.9. The van der Waals surface area contributed by atoms with Crippen LogP contribution in [0.4, 0.5) is 5.69 Å². The highest BCUT2D eigenvalue weighted by Gasteiger charge is 2.07. The topological polar surface area (TPSA) is 35.8 Å². The molecular formula is C24H18N2. The first-order valence-electron chi connectivity index (χ1n) is 8.60. The molecule has 0 spiro atoms. The van der Waals surface area contributed by atoms with Crippen LogP contribution in [0.15, 0.2) is 72.8 Å². The summed E-state index contributed by atoms with van der Waals surface area (Å²) in [5.74, 6) is 0. The van der Waals surface area contributed by atoms with Gasteiger partial charge in [0.25, 0.3) is 0 Å². The number of nitrogens with zero attached hydrogens (tertiary/aromatic N) is 1. The van der Waals surface area contributed by atoms with Crippen molar-refractivity contribution >= 4 is 39.4 Å². The molecule has 0 amide bonds. The van der Waals surface area contributed by atoms with E-state index >= 15 is 0 Å². The van der Waals surface area contributed by atoms with Crippen molar-refractivity contribution < 1.29 is 0 Å². The van der Waals surface area contributed by atoms with Crippen LogP contribution in [0.2, 0.25) is 0 Å². The van der Waals surface area contributed by atoms with Crippen LogP contribution in [0.1, 0.15) is 16.7 Å². The van der Waals surface area contributed by atoms with Crippen molar-refractivity contribution in [1.29, 1.82) is 5.26 Å². The number of fused-ring (bicyclic) bond motifs is 2. The predicted molar refractivity (Wildman–Crippen MR) is 111 cm³/mol. The van der Waals surface area contributed by atoms with Gasteiger partial charge in [-0.1, -0.05) is 60.7 Å². The van der Waals surface area contributed by atoms with Gasteiger partial charge in [0.05, 0.1) is 5.56 Å². The molecule has 0 aromatic heterocycles. The number of benzene rings is 4. The summed E-state index contributed by atoms with van der Waals surface area (Å²) in [5.41, 5.74) is 4.12. The molecule has 0 aliphatic rings. The lowest BCUT2D eigenvalue weighted by Crippen LogP contribution is -1.86. The molecular weight excluding hydrogens is 316 g/mol. The molecule has 2 nitrogen and oxygen atoms in total. The molecule has 0 radical (unpaired) electrons. The zero-order valence-electron chi connectivity index (χ0n) is 14.5. The third-order valence-corrected chi connectivity index (χ3v) is 4.67. The van der Waals surface area contributed by atoms with Crippen molar-refractivity contribution in [2.45, 2.75) is 0 Å². The molecule has 1 N–H and O–H groups in total. The Morgan fingerprint density at radius 3 is 2.23 bits per heavy atom. The molecule has 0 aliphatic heterocycles. The van der Waals surface area contributed by atoms with Crippen LogP contribution in [0.25, 0.3) is 33.7 Å². The Labute approximate surface area is 153 Å². The lowest BCUT2D eigenvalue weighted by Gasteiger charge is -2.07. The Hall–Kier alpha value is -3.57. The zero-order chi connectivity index (χ0) is 17.9. The highest BCUT2D eigenvalue weighted by atomic mass is 14.8. The molecule has 124 valence electrons. The van der Waals surface area contributed by atoms with Crippen LogP contribution < -0.4 is 5.32 Å². The Morgan fingerprint density at radius 1 is 0.769 bits per heavy atom. The highest BCUT2D eigenvalue weighted by Crippen LogP contribution is 2.29. The second-order valence-electron chi connectivity index (χ2n) is 6.27. The van der Waals surface area contributed by atoms with E-state index < -0.39 is 0 Å². The van der Waals surface area contributed by atoms with Crippen molar-refractivity contribution in [1.82, 2.24) is 0 Å². The molecule has 2 heteroatoms. The summed E-state index contributed by atoms with van der Waals surface area (Å²) in [6, 6.07) is 27.1. The van der Waals surface area contributed by atoms with Crippen molar-refractivity contribution in [3.8, 4) is 6.07 Å². The number of nitrogens with one attached hydrogen (secondary N) is 1. The second-order valence-corrected chi connectivity index (χ2v) is 6.27. The van der Waals surface area contributed by atoms with Gasteiger partial charge in [0, 0.05) is 23.5 Å². The maximum Gasteiger partial charge on any atom is 0.100 e. The predicted octanol–water partition coefficient (Wildman–Crippen LogP) is 6.08. The highest BCUT2D eigenvalue weighted by molar-refractivity contribution is 6.04. The van der Waals surface area contributed by atoms with E-state index in [0.717, 1.165) is 43.9 Å². The van der Waals surface area contributed by atoms with Gasteiger partial charge in [-0.25, -0.2) is 0 Å². The first-order valence-corrected chi connectivity index (χ1v) is 8.60. The van der Waals surface area contributed by atoms with Crippen LogP contribution >= 0.6 is 0 Å². The number of hydrogen-bond acceptors (Lipinski definition) is 2. The summed E-state index contributed by atoms with van der Waals surface area (Å²) < 4.78 is 0. The standard InChI is InChI=1S/C24H18N2/c1-26-21-11-8-17(9-12-21)6-7-18-10-13-23-20(14-18)15-19-4-2-3-5-22(19)24(23)16-25/h2-15,26H,1H3. The Morgan fingerprint density at radius 2 is 1.46 bits per heavy atom. The van der Waals surface area contributed by atoms with Crippen LogP contribution in [0, 0.1) is 11.3 Å². The minimum atomic E-state index is 0.747. The van der Waals surface area contributed by atoms with E-state index in [1.807, 2.05) is 31.3 Å². The maximum atomic E-state index is 9.63. The van der Waals surface area contributed by atoms with E-state index in [-0.39, 0.29) is 0 Å². The quantitative estimate of drug-likeness (QED) is 0.364. The lowest BCUT2D eigenvalue weighted by molar-refractivity contribution is 1.51. The van der Waals surface area contributed by atoms with Crippen molar-refractivity contribution in [3.63, 3.8) is 0 Å². The molecule has 0 atom stereocenters. The Kier molecular flexibility index (Phi) is 4.13. The van der Waals surface area contributed by atoms with Gasteiger partial charge < -0.3 is 5.32 Å². The van der Waals surface area contributed by atoms with Crippen molar-refractivity contribution in [3.05, 3.63) is 89.5 Å². The molecule has 4 aromatic rings. The molecule has 0 heterocycles. The molecule has 0 saturated heterocycles. The molecule has 4 aromatic carbocycles. The molecule has 0 fully saturated rings. The summed E-state index contributed by atoms with van der Waals surface area (Å²) in [7, 11) is 1.92. The van der Waals surface area contributed by atoms with E-state index in [9.17, 15) is 5.26 Å². The fraction of sp³-hybridized carbons (Fsp3) is 0.0417. The van der Waals surface area contributed by atoms with Gasteiger partial charge in [0.1, 0.15) is 6.07 Å². The Balaban J connectivity index is 1.76. The van der Waals surface area contributed by atoms with Gasteiger partial charge in [0.15, 0.2) is 0 Å². The number of hydrogen-bond donors (Lipinski definition) is 1. The zero-order valence-corrected chi connectivity index (χ0v) is 14.5. The fourth-order valence-electron chi connectivity index (χ4n) is 3.27. The minimum absolute atomic E-state index is 0.747.